The molecule has 1 heterocycles. The summed E-state index contributed by atoms with van der Waals surface area (Å²) in [4.78, 5) is 11.8. The SMILES string of the molecule is Nc1cc(Br)ccc1C(=O)Nc1ccn[nH]1. The zero-order valence-corrected chi connectivity index (χ0v) is 9.78. The lowest BCUT2D eigenvalue weighted by atomic mass is 10.1. The van der Waals surface area contributed by atoms with Crippen molar-refractivity contribution < 1.29 is 4.79 Å². The maximum atomic E-state index is 11.8. The van der Waals surface area contributed by atoms with Crippen LogP contribution in [0.4, 0.5) is 11.5 Å². The standard InChI is InChI=1S/C10H9BrN4O/c11-6-1-2-7(8(12)5-6)10(16)14-9-3-4-13-15-9/h1-5H,12H2,(H2,13,14,15,16). The molecule has 82 valence electrons. The maximum Gasteiger partial charge on any atom is 0.258 e. The summed E-state index contributed by atoms with van der Waals surface area (Å²) in [5.74, 6) is 0.265. The van der Waals surface area contributed by atoms with Crippen molar-refractivity contribution in [3.8, 4) is 0 Å². The first-order valence-electron chi connectivity index (χ1n) is 4.52. The van der Waals surface area contributed by atoms with Gasteiger partial charge in [-0.3, -0.25) is 9.89 Å². The summed E-state index contributed by atoms with van der Waals surface area (Å²) in [6, 6.07) is 6.76. The van der Waals surface area contributed by atoms with Gasteiger partial charge in [0.2, 0.25) is 0 Å². The third-order valence-electron chi connectivity index (χ3n) is 2.01. The number of carbonyl (C=O) groups is 1. The minimum absolute atomic E-state index is 0.269. The Labute approximate surface area is 100 Å². The minimum Gasteiger partial charge on any atom is -0.398 e. The molecule has 0 saturated carbocycles. The zero-order chi connectivity index (χ0) is 11.5. The second-order valence-electron chi connectivity index (χ2n) is 3.16. The van der Waals surface area contributed by atoms with Gasteiger partial charge >= 0.3 is 0 Å². The second kappa shape index (κ2) is 4.36. The van der Waals surface area contributed by atoms with Crippen LogP contribution in [-0.2, 0) is 0 Å². The maximum absolute atomic E-state index is 11.8. The first-order chi connectivity index (χ1) is 7.66. The fourth-order valence-corrected chi connectivity index (χ4v) is 1.63. The summed E-state index contributed by atoms with van der Waals surface area (Å²) in [6.07, 6.45) is 1.56. The number of amides is 1. The number of anilines is 2. The molecule has 16 heavy (non-hydrogen) atoms. The Morgan fingerprint density at radius 2 is 2.25 bits per heavy atom. The number of rotatable bonds is 2. The lowest BCUT2D eigenvalue weighted by Crippen LogP contribution is -2.14. The Bertz CT molecular complexity index is 510. The topological polar surface area (TPSA) is 83.8 Å². The van der Waals surface area contributed by atoms with Crippen LogP contribution in [0.3, 0.4) is 0 Å². The lowest BCUT2D eigenvalue weighted by Gasteiger charge is -2.05. The Kier molecular flexibility index (Phi) is 2.91. The van der Waals surface area contributed by atoms with Crippen molar-refractivity contribution in [2.75, 3.05) is 11.1 Å². The first kappa shape index (κ1) is 10.7. The Balaban J connectivity index is 2.21. The van der Waals surface area contributed by atoms with Gasteiger partial charge in [0.25, 0.3) is 5.91 Å². The summed E-state index contributed by atoms with van der Waals surface area (Å²) >= 11 is 3.28. The molecule has 0 radical (unpaired) electrons. The third-order valence-corrected chi connectivity index (χ3v) is 2.50. The van der Waals surface area contributed by atoms with Crippen molar-refractivity contribution in [3.05, 3.63) is 40.5 Å². The van der Waals surface area contributed by atoms with Crippen molar-refractivity contribution in [2.45, 2.75) is 0 Å². The summed E-state index contributed by atoms with van der Waals surface area (Å²) in [5, 5.41) is 9.01. The smallest absolute Gasteiger partial charge is 0.258 e. The van der Waals surface area contributed by atoms with Gasteiger partial charge in [-0.15, -0.1) is 0 Å². The van der Waals surface area contributed by atoms with E-state index in [0.717, 1.165) is 4.47 Å². The fourth-order valence-electron chi connectivity index (χ4n) is 1.26. The van der Waals surface area contributed by atoms with E-state index in [4.69, 9.17) is 5.73 Å². The fraction of sp³-hybridized carbons (Fsp3) is 0. The molecule has 0 bridgehead atoms. The van der Waals surface area contributed by atoms with Gasteiger partial charge in [0.1, 0.15) is 5.82 Å². The number of nitrogens with two attached hydrogens (primary N) is 1. The number of aromatic amines is 1. The van der Waals surface area contributed by atoms with Crippen molar-refractivity contribution in [1.82, 2.24) is 10.2 Å². The van der Waals surface area contributed by atoms with Gasteiger partial charge < -0.3 is 11.1 Å². The normalized spacial score (nSPS) is 10.1. The first-order valence-corrected chi connectivity index (χ1v) is 5.32. The van der Waals surface area contributed by atoms with E-state index in [0.29, 0.717) is 17.1 Å². The number of hydrogen-bond donors (Lipinski definition) is 3. The molecule has 0 atom stereocenters. The largest absolute Gasteiger partial charge is 0.398 e. The van der Waals surface area contributed by atoms with E-state index < -0.39 is 0 Å². The molecule has 2 aromatic rings. The molecule has 0 aliphatic rings. The molecule has 0 unspecified atom stereocenters. The van der Waals surface area contributed by atoms with Gasteiger partial charge in [0.05, 0.1) is 11.8 Å². The number of hydrogen-bond acceptors (Lipinski definition) is 3. The van der Waals surface area contributed by atoms with Crippen LogP contribution in [0, 0.1) is 0 Å². The number of H-pyrrole nitrogens is 1. The van der Waals surface area contributed by atoms with Crippen molar-refractivity contribution in [2.24, 2.45) is 0 Å². The summed E-state index contributed by atoms with van der Waals surface area (Å²) in [5.41, 5.74) is 6.59. The number of halogens is 1. The van der Waals surface area contributed by atoms with Crippen LogP contribution in [-0.4, -0.2) is 16.1 Å². The third kappa shape index (κ3) is 2.22. The molecular formula is C10H9BrN4O. The summed E-state index contributed by atoms with van der Waals surface area (Å²) < 4.78 is 0.836. The number of nitrogens with one attached hydrogen (secondary N) is 2. The van der Waals surface area contributed by atoms with Crippen LogP contribution in [0.5, 0.6) is 0 Å². The van der Waals surface area contributed by atoms with E-state index >= 15 is 0 Å². The highest BCUT2D eigenvalue weighted by Gasteiger charge is 2.10. The number of nitrogens with zero attached hydrogens (tertiary/aromatic N) is 1. The van der Waals surface area contributed by atoms with Crippen LogP contribution in [0.2, 0.25) is 0 Å². The molecule has 1 aromatic carbocycles. The Hall–Kier alpha value is -1.82. The molecule has 2 rings (SSSR count). The molecule has 0 aliphatic heterocycles. The lowest BCUT2D eigenvalue weighted by molar-refractivity contribution is 0.102. The van der Waals surface area contributed by atoms with Gasteiger partial charge in [0, 0.05) is 16.2 Å². The predicted molar refractivity (Wildman–Crippen MR) is 65.1 cm³/mol. The molecule has 5 nitrogen and oxygen atoms in total. The van der Waals surface area contributed by atoms with Crippen LogP contribution >= 0.6 is 15.9 Å². The van der Waals surface area contributed by atoms with Gasteiger partial charge in [-0.2, -0.15) is 5.10 Å². The number of benzene rings is 1. The molecule has 4 N–H and O–H groups in total. The van der Waals surface area contributed by atoms with Crippen LogP contribution in [0.1, 0.15) is 10.4 Å². The quantitative estimate of drug-likeness (QED) is 0.736. The van der Waals surface area contributed by atoms with E-state index in [-0.39, 0.29) is 5.91 Å². The zero-order valence-electron chi connectivity index (χ0n) is 8.20. The van der Waals surface area contributed by atoms with Crippen LogP contribution in [0.25, 0.3) is 0 Å². The number of carbonyl (C=O) groups excluding carboxylic acids is 1. The highest BCUT2D eigenvalue weighted by atomic mass is 79.9. The highest BCUT2D eigenvalue weighted by molar-refractivity contribution is 9.10. The van der Waals surface area contributed by atoms with Crippen molar-refractivity contribution in [1.29, 1.82) is 0 Å². The molecule has 6 heteroatoms. The van der Waals surface area contributed by atoms with E-state index in [1.165, 1.54) is 0 Å². The predicted octanol–water partition coefficient (Wildman–Crippen LogP) is 2.01. The molecule has 0 fully saturated rings. The monoisotopic (exact) mass is 280 g/mol. The average molecular weight is 281 g/mol. The molecule has 1 aromatic heterocycles. The molecule has 0 spiro atoms. The van der Waals surface area contributed by atoms with E-state index in [1.54, 1.807) is 30.5 Å². The summed E-state index contributed by atoms with van der Waals surface area (Å²) in [6.45, 7) is 0. The van der Waals surface area contributed by atoms with Crippen LogP contribution < -0.4 is 11.1 Å². The molecule has 0 aliphatic carbocycles. The second-order valence-corrected chi connectivity index (χ2v) is 4.07. The van der Waals surface area contributed by atoms with Gasteiger partial charge in [-0.1, -0.05) is 15.9 Å². The summed E-state index contributed by atoms with van der Waals surface area (Å²) in [7, 11) is 0. The molecular weight excluding hydrogens is 272 g/mol. The van der Waals surface area contributed by atoms with Crippen LogP contribution in [0.15, 0.2) is 34.9 Å². The van der Waals surface area contributed by atoms with E-state index in [1.807, 2.05) is 0 Å². The molecule has 0 saturated heterocycles. The van der Waals surface area contributed by atoms with E-state index in [9.17, 15) is 4.79 Å². The Morgan fingerprint density at radius 3 is 2.88 bits per heavy atom. The van der Waals surface area contributed by atoms with E-state index in [2.05, 4.69) is 31.4 Å². The van der Waals surface area contributed by atoms with Crippen molar-refractivity contribution >= 4 is 33.3 Å². The number of nitrogen functional groups attached to an aromatic ring is 1. The van der Waals surface area contributed by atoms with Gasteiger partial charge in [0.15, 0.2) is 0 Å². The highest BCUT2D eigenvalue weighted by Crippen LogP contribution is 2.19. The Morgan fingerprint density at radius 1 is 1.44 bits per heavy atom. The van der Waals surface area contributed by atoms with Crippen molar-refractivity contribution in [3.63, 3.8) is 0 Å². The average Bonchev–Trinajstić information content (AvgIpc) is 2.70. The van der Waals surface area contributed by atoms with Gasteiger partial charge in [-0.25, -0.2) is 0 Å². The number of aromatic nitrogens is 2. The molecule has 1 amide bonds. The minimum atomic E-state index is -0.269. The van der Waals surface area contributed by atoms with Gasteiger partial charge in [-0.05, 0) is 18.2 Å².